The number of tetrazole rings is 1. The highest BCUT2D eigenvalue weighted by Gasteiger charge is 2.29. The minimum atomic E-state index is -3.77. The molecule has 0 spiro atoms. The number of aryl methyl sites for hydroxylation is 1. The molecule has 1 rings (SSSR count). The average Bonchev–Trinajstić information content (AvgIpc) is 2.70. The quantitative estimate of drug-likeness (QED) is 0.464. The van der Waals surface area contributed by atoms with E-state index in [0.29, 0.717) is 0 Å². The summed E-state index contributed by atoms with van der Waals surface area (Å²) in [6.07, 6.45) is 0. The Hall–Kier alpha value is -1.59. The van der Waals surface area contributed by atoms with Gasteiger partial charge in [0.1, 0.15) is 11.8 Å². The van der Waals surface area contributed by atoms with Gasteiger partial charge >= 0.3 is 0 Å². The van der Waals surface area contributed by atoms with E-state index in [-0.39, 0.29) is 5.82 Å². The van der Waals surface area contributed by atoms with Gasteiger partial charge in [-0.1, -0.05) is 0 Å². The Kier molecular flexibility index (Phi) is 4.32. The van der Waals surface area contributed by atoms with Crippen LogP contribution in [0.25, 0.3) is 0 Å². The number of amides is 1. The zero-order valence-electron chi connectivity index (χ0n) is 10.1. The Bertz CT molecular complexity index is 526. The first-order valence-electron chi connectivity index (χ1n) is 4.90. The number of carbonyl (C=O) groups excluding carboxylic acids is 1. The second kappa shape index (κ2) is 5.37. The number of sulfonamides is 1. The summed E-state index contributed by atoms with van der Waals surface area (Å²) in [6.45, 7) is 1.34. The highest BCUT2D eigenvalue weighted by atomic mass is 32.2. The molecule has 0 saturated carbocycles. The molecule has 0 aliphatic heterocycles. The smallest absolute Gasteiger partial charge is 0.261 e. The number of nitrogens with zero attached hydrogens (tertiary/aromatic N) is 5. The standard InChI is InChI=1S/C7H14N6O4S/c1-5(7(14)10-15)12(2)18(16,17)4-6-8-11-13(3)9-6/h5,15H,4H2,1-3H3,(H,10,14). The van der Waals surface area contributed by atoms with E-state index >= 15 is 0 Å². The lowest BCUT2D eigenvalue weighted by Gasteiger charge is -2.21. The SMILES string of the molecule is CC(C(=O)NO)N(C)S(=O)(=O)Cc1nnn(C)n1. The van der Waals surface area contributed by atoms with Gasteiger partial charge in [-0.25, -0.2) is 13.9 Å². The minimum absolute atomic E-state index is 0.0287. The van der Waals surface area contributed by atoms with Crippen molar-refractivity contribution in [3.63, 3.8) is 0 Å². The monoisotopic (exact) mass is 278 g/mol. The first kappa shape index (κ1) is 14.5. The van der Waals surface area contributed by atoms with Crippen LogP contribution in [0.4, 0.5) is 0 Å². The molecule has 1 amide bonds. The Labute approximate surface area is 104 Å². The fourth-order valence-electron chi connectivity index (χ4n) is 1.15. The Balaban J connectivity index is 2.83. The van der Waals surface area contributed by atoms with Crippen molar-refractivity contribution >= 4 is 15.9 Å². The molecule has 0 fully saturated rings. The molecule has 1 unspecified atom stereocenters. The molecule has 0 bridgehead atoms. The van der Waals surface area contributed by atoms with E-state index in [9.17, 15) is 13.2 Å². The number of rotatable bonds is 5. The molecular weight excluding hydrogens is 264 g/mol. The lowest BCUT2D eigenvalue weighted by atomic mass is 10.3. The highest BCUT2D eigenvalue weighted by molar-refractivity contribution is 7.88. The van der Waals surface area contributed by atoms with Gasteiger partial charge in [-0.3, -0.25) is 10.0 Å². The summed E-state index contributed by atoms with van der Waals surface area (Å²) in [5, 5.41) is 19.3. The zero-order valence-corrected chi connectivity index (χ0v) is 10.9. The number of likely N-dealkylation sites (N-methyl/N-ethyl adjacent to an activating group) is 1. The van der Waals surface area contributed by atoms with E-state index in [1.807, 2.05) is 0 Å². The van der Waals surface area contributed by atoms with Gasteiger partial charge in [-0.15, -0.1) is 10.2 Å². The van der Waals surface area contributed by atoms with Gasteiger partial charge in [0.15, 0.2) is 5.82 Å². The van der Waals surface area contributed by atoms with Gasteiger partial charge in [0.2, 0.25) is 10.0 Å². The highest BCUT2D eigenvalue weighted by Crippen LogP contribution is 2.08. The van der Waals surface area contributed by atoms with Crippen molar-refractivity contribution < 1.29 is 18.4 Å². The number of hydroxylamine groups is 1. The van der Waals surface area contributed by atoms with Crippen LogP contribution in [-0.4, -0.2) is 57.1 Å². The normalized spacial score (nSPS) is 13.6. The fraction of sp³-hybridized carbons (Fsp3) is 0.714. The van der Waals surface area contributed by atoms with Gasteiger partial charge < -0.3 is 0 Å². The van der Waals surface area contributed by atoms with Crippen LogP contribution in [0.1, 0.15) is 12.7 Å². The number of aromatic nitrogens is 4. The maximum Gasteiger partial charge on any atom is 0.261 e. The molecule has 0 radical (unpaired) electrons. The van der Waals surface area contributed by atoms with E-state index in [1.165, 1.54) is 26.5 Å². The summed E-state index contributed by atoms with van der Waals surface area (Å²) in [4.78, 5) is 12.3. The first-order valence-corrected chi connectivity index (χ1v) is 6.51. The van der Waals surface area contributed by atoms with Crippen molar-refractivity contribution in [1.29, 1.82) is 0 Å². The van der Waals surface area contributed by atoms with Crippen LogP contribution in [0.15, 0.2) is 0 Å². The second-order valence-corrected chi connectivity index (χ2v) is 5.65. The van der Waals surface area contributed by atoms with Crippen LogP contribution in [-0.2, 0) is 27.6 Å². The number of nitrogens with one attached hydrogen (secondary N) is 1. The van der Waals surface area contributed by atoms with Crippen molar-refractivity contribution in [2.45, 2.75) is 18.7 Å². The molecule has 0 aliphatic carbocycles. The van der Waals surface area contributed by atoms with E-state index in [1.54, 1.807) is 0 Å². The lowest BCUT2D eigenvalue weighted by molar-refractivity contribution is -0.132. The number of carbonyl (C=O) groups is 1. The summed E-state index contributed by atoms with van der Waals surface area (Å²) in [7, 11) is -1.03. The molecule has 1 aromatic rings. The lowest BCUT2D eigenvalue weighted by Crippen LogP contribution is -2.45. The summed E-state index contributed by atoms with van der Waals surface area (Å²) in [6, 6.07) is -1.04. The molecule has 102 valence electrons. The maximum absolute atomic E-state index is 11.9. The second-order valence-electron chi connectivity index (χ2n) is 3.62. The molecule has 1 aromatic heterocycles. The van der Waals surface area contributed by atoms with Gasteiger partial charge in [-0.05, 0) is 12.1 Å². The van der Waals surface area contributed by atoms with Crippen LogP contribution >= 0.6 is 0 Å². The minimum Gasteiger partial charge on any atom is -0.289 e. The van der Waals surface area contributed by atoms with Crippen molar-refractivity contribution in [3.05, 3.63) is 5.82 Å². The molecule has 11 heteroatoms. The van der Waals surface area contributed by atoms with E-state index in [4.69, 9.17) is 5.21 Å². The average molecular weight is 278 g/mol. The van der Waals surface area contributed by atoms with Crippen molar-refractivity contribution in [2.24, 2.45) is 7.05 Å². The number of hydrogen-bond donors (Lipinski definition) is 2. The van der Waals surface area contributed by atoms with E-state index in [0.717, 1.165) is 9.10 Å². The van der Waals surface area contributed by atoms with Crippen molar-refractivity contribution in [1.82, 2.24) is 30.0 Å². The molecule has 0 saturated heterocycles. The predicted octanol–water partition coefficient (Wildman–Crippen LogP) is -2.13. The summed E-state index contributed by atoms with van der Waals surface area (Å²) in [5.74, 6) is -1.27. The molecule has 10 nitrogen and oxygen atoms in total. The molecular formula is C7H14N6O4S. The van der Waals surface area contributed by atoms with Gasteiger partial charge in [0.25, 0.3) is 5.91 Å². The summed E-state index contributed by atoms with van der Waals surface area (Å²) in [5.41, 5.74) is 1.39. The van der Waals surface area contributed by atoms with Crippen LogP contribution < -0.4 is 5.48 Å². The van der Waals surface area contributed by atoms with Gasteiger partial charge in [0.05, 0.1) is 7.05 Å². The fourth-order valence-corrected chi connectivity index (χ4v) is 2.37. The molecule has 0 aliphatic rings. The van der Waals surface area contributed by atoms with Crippen LogP contribution in [0.3, 0.4) is 0 Å². The molecule has 0 aromatic carbocycles. The third-order valence-corrected chi connectivity index (χ3v) is 4.15. The van der Waals surface area contributed by atoms with Crippen molar-refractivity contribution in [3.8, 4) is 0 Å². The van der Waals surface area contributed by atoms with Crippen LogP contribution in [0.2, 0.25) is 0 Å². The van der Waals surface area contributed by atoms with E-state index in [2.05, 4.69) is 15.4 Å². The summed E-state index contributed by atoms with van der Waals surface area (Å²) < 4.78 is 24.7. The van der Waals surface area contributed by atoms with Crippen LogP contribution in [0, 0.1) is 0 Å². The zero-order chi connectivity index (χ0) is 13.9. The third-order valence-electron chi connectivity index (χ3n) is 2.34. The topological polar surface area (TPSA) is 130 Å². The van der Waals surface area contributed by atoms with Crippen molar-refractivity contribution in [2.75, 3.05) is 7.05 Å². The first-order chi connectivity index (χ1) is 8.27. The number of hydrogen-bond acceptors (Lipinski definition) is 7. The molecule has 1 atom stereocenters. The maximum atomic E-state index is 11.9. The predicted molar refractivity (Wildman–Crippen MR) is 58.6 cm³/mol. The molecule has 18 heavy (non-hydrogen) atoms. The Morgan fingerprint density at radius 1 is 1.61 bits per heavy atom. The molecule has 2 N–H and O–H groups in total. The Morgan fingerprint density at radius 2 is 2.22 bits per heavy atom. The third kappa shape index (κ3) is 3.21. The van der Waals surface area contributed by atoms with Gasteiger partial charge in [-0.2, -0.15) is 9.10 Å². The molecule has 1 heterocycles. The van der Waals surface area contributed by atoms with Crippen LogP contribution in [0.5, 0.6) is 0 Å². The van der Waals surface area contributed by atoms with E-state index < -0.39 is 27.7 Å². The Morgan fingerprint density at radius 3 is 2.67 bits per heavy atom. The van der Waals surface area contributed by atoms with Gasteiger partial charge in [0, 0.05) is 7.05 Å². The largest absolute Gasteiger partial charge is 0.289 e. The summed E-state index contributed by atoms with van der Waals surface area (Å²) >= 11 is 0.